The monoisotopic (exact) mass is 347 g/mol. The number of amides is 1. The highest BCUT2D eigenvalue weighted by atomic mass is 35.5. The number of carbonyl (C=O) groups excluding carboxylic acids is 1. The van der Waals surface area contributed by atoms with Crippen molar-refractivity contribution in [3.8, 4) is 11.4 Å². The smallest absolute Gasteiger partial charge is 0.243 e. The molecule has 6 nitrogen and oxygen atoms in total. The van der Waals surface area contributed by atoms with Gasteiger partial charge in [-0.2, -0.15) is 4.80 Å². The summed E-state index contributed by atoms with van der Waals surface area (Å²) in [4.78, 5) is 13.6. The molecular formula is C17H22ClN5O. The molecule has 1 fully saturated rings. The molecule has 1 N–H and O–H groups in total. The Hall–Kier alpha value is -1.95. The average molecular weight is 348 g/mol. The van der Waals surface area contributed by atoms with Gasteiger partial charge < -0.3 is 5.32 Å². The predicted octanol–water partition coefficient (Wildman–Crippen LogP) is 2.93. The van der Waals surface area contributed by atoms with Crippen molar-refractivity contribution >= 4 is 17.5 Å². The average Bonchev–Trinajstić information content (AvgIpc) is 3.01. The fourth-order valence-electron chi connectivity index (χ4n) is 3.19. The molecule has 0 saturated heterocycles. The molecule has 1 saturated carbocycles. The van der Waals surface area contributed by atoms with Gasteiger partial charge in [0.05, 0.1) is 0 Å². The summed E-state index contributed by atoms with van der Waals surface area (Å²) in [5, 5.41) is 16.0. The number of tetrazole rings is 1. The molecule has 0 unspecified atom stereocenters. The van der Waals surface area contributed by atoms with E-state index in [0.29, 0.717) is 22.7 Å². The molecule has 0 bridgehead atoms. The van der Waals surface area contributed by atoms with E-state index < -0.39 is 0 Å². The van der Waals surface area contributed by atoms with Crippen molar-refractivity contribution in [2.24, 2.45) is 11.8 Å². The molecule has 0 radical (unpaired) electrons. The second-order valence-electron chi connectivity index (χ2n) is 6.59. The van der Waals surface area contributed by atoms with Gasteiger partial charge in [-0.25, -0.2) is 0 Å². The van der Waals surface area contributed by atoms with E-state index in [1.165, 1.54) is 17.6 Å². The van der Waals surface area contributed by atoms with Gasteiger partial charge in [-0.05, 0) is 47.7 Å². The Morgan fingerprint density at radius 1 is 1.29 bits per heavy atom. The van der Waals surface area contributed by atoms with Crippen LogP contribution in [0.15, 0.2) is 24.3 Å². The van der Waals surface area contributed by atoms with Gasteiger partial charge in [-0.1, -0.05) is 38.3 Å². The van der Waals surface area contributed by atoms with E-state index in [4.69, 9.17) is 11.6 Å². The van der Waals surface area contributed by atoms with Gasteiger partial charge in [0, 0.05) is 16.6 Å². The van der Waals surface area contributed by atoms with Crippen LogP contribution in [0.2, 0.25) is 5.02 Å². The molecule has 1 amide bonds. The highest BCUT2D eigenvalue weighted by molar-refractivity contribution is 6.30. The number of nitrogens with one attached hydrogen (secondary N) is 1. The van der Waals surface area contributed by atoms with Gasteiger partial charge in [-0.3, -0.25) is 4.79 Å². The summed E-state index contributed by atoms with van der Waals surface area (Å²) in [6, 6.07) is 7.44. The number of halogens is 1. The van der Waals surface area contributed by atoms with Crippen molar-refractivity contribution in [1.29, 1.82) is 0 Å². The van der Waals surface area contributed by atoms with Crippen LogP contribution in [0.5, 0.6) is 0 Å². The maximum atomic E-state index is 12.3. The van der Waals surface area contributed by atoms with Crippen LogP contribution in [0.3, 0.4) is 0 Å². The second-order valence-corrected chi connectivity index (χ2v) is 7.03. The molecule has 1 aromatic carbocycles. The fourth-order valence-corrected chi connectivity index (χ4v) is 3.32. The first kappa shape index (κ1) is 16.9. The van der Waals surface area contributed by atoms with Crippen molar-refractivity contribution in [3.63, 3.8) is 0 Å². The third kappa shape index (κ3) is 3.93. The summed E-state index contributed by atoms with van der Waals surface area (Å²) in [6.45, 7) is 4.54. The van der Waals surface area contributed by atoms with Crippen molar-refractivity contribution in [2.45, 2.75) is 45.7 Å². The summed E-state index contributed by atoms with van der Waals surface area (Å²) >= 11 is 5.87. The van der Waals surface area contributed by atoms with Crippen LogP contribution in [0, 0.1) is 11.8 Å². The lowest BCUT2D eigenvalue weighted by Crippen LogP contribution is -2.45. The van der Waals surface area contributed by atoms with Gasteiger partial charge in [0.2, 0.25) is 11.7 Å². The van der Waals surface area contributed by atoms with E-state index in [0.717, 1.165) is 12.0 Å². The molecule has 1 heterocycles. The van der Waals surface area contributed by atoms with Gasteiger partial charge in [-0.15, -0.1) is 10.2 Å². The SMILES string of the molecule is C[C@H]1[C@@H](NC(=O)Cn2nnc(-c3ccc(Cl)cc3)n2)CCC[C@@H]1C. The Balaban J connectivity index is 1.60. The number of aromatic nitrogens is 4. The number of benzene rings is 1. The minimum atomic E-state index is -0.0685. The van der Waals surface area contributed by atoms with E-state index in [9.17, 15) is 4.79 Å². The van der Waals surface area contributed by atoms with Crippen LogP contribution in [0.4, 0.5) is 0 Å². The lowest BCUT2D eigenvalue weighted by molar-refractivity contribution is -0.123. The Morgan fingerprint density at radius 3 is 2.79 bits per heavy atom. The van der Waals surface area contributed by atoms with Gasteiger partial charge in [0.1, 0.15) is 6.54 Å². The van der Waals surface area contributed by atoms with Gasteiger partial charge >= 0.3 is 0 Å². The molecule has 128 valence electrons. The van der Waals surface area contributed by atoms with Crippen molar-refractivity contribution in [3.05, 3.63) is 29.3 Å². The van der Waals surface area contributed by atoms with Crippen LogP contribution in [0.25, 0.3) is 11.4 Å². The second kappa shape index (κ2) is 7.30. The lowest BCUT2D eigenvalue weighted by atomic mass is 9.78. The number of hydrogen-bond donors (Lipinski definition) is 1. The summed E-state index contributed by atoms with van der Waals surface area (Å²) in [7, 11) is 0. The molecule has 0 aliphatic heterocycles. The molecule has 1 aromatic heterocycles. The molecule has 2 aromatic rings. The van der Waals surface area contributed by atoms with Crippen molar-refractivity contribution < 1.29 is 4.79 Å². The normalized spacial score (nSPS) is 23.9. The van der Waals surface area contributed by atoms with Crippen LogP contribution in [0.1, 0.15) is 33.1 Å². The quantitative estimate of drug-likeness (QED) is 0.922. The van der Waals surface area contributed by atoms with E-state index in [2.05, 4.69) is 34.6 Å². The molecular weight excluding hydrogens is 326 g/mol. The number of rotatable bonds is 4. The highest BCUT2D eigenvalue weighted by Gasteiger charge is 2.28. The predicted molar refractivity (Wildman–Crippen MR) is 92.4 cm³/mol. The molecule has 3 rings (SSSR count). The fraction of sp³-hybridized carbons (Fsp3) is 0.529. The Morgan fingerprint density at radius 2 is 2.04 bits per heavy atom. The van der Waals surface area contributed by atoms with Crippen LogP contribution in [-0.2, 0) is 11.3 Å². The number of hydrogen-bond acceptors (Lipinski definition) is 4. The molecule has 24 heavy (non-hydrogen) atoms. The standard InChI is InChI=1S/C17H22ClN5O/c1-11-4-3-5-15(12(11)2)19-16(24)10-23-21-17(20-22-23)13-6-8-14(18)9-7-13/h6-9,11-12,15H,3-5,10H2,1-2H3,(H,19,24)/t11-,12+,15-/m0/s1. The summed E-state index contributed by atoms with van der Waals surface area (Å²) < 4.78 is 0. The highest BCUT2D eigenvalue weighted by Crippen LogP contribution is 2.29. The summed E-state index contributed by atoms with van der Waals surface area (Å²) in [5.41, 5.74) is 0.820. The van der Waals surface area contributed by atoms with Crippen LogP contribution < -0.4 is 5.32 Å². The maximum Gasteiger partial charge on any atom is 0.243 e. The zero-order chi connectivity index (χ0) is 17.1. The van der Waals surface area contributed by atoms with Crippen molar-refractivity contribution in [2.75, 3.05) is 0 Å². The third-order valence-corrected chi connectivity index (χ3v) is 5.15. The zero-order valence-electron chi connectivity index (χ0n) is 13.9. The van der Waals surface area contributed by atoms with Crippen LogP contribution >= 0.6 is 11.6 Å². The van der Waals surface area contributed by atoms with Gasteiger partial charge in [0.25, 0.3) is 0 Å². The number of carbonyl (C=O) groups is 1. The van der Waals surface area contributed by atoms with Crippen molar-refractivity contribution in [1.82, 2.24) is 25.5 Å². The Bertz CT molecular complexity index is 699. The van der Waals surface area contributed by atoms with Crippen LogP contribution in [-0.4, -0.2) is 32.2 Å². The minimum Gasteiger partial charge on any atom is -0.351 e. The van der Waals surface area contributed by atoms with Gasteiger partial charge in [0.15, 0.2) is 0 Å². The first-order valence-electron chi connectivity index (χ1n) is 8.36. The molecule has 1 aliphatic carbocycles. The molecule has 3 atom stereocenters. The van der Waals surface area contributed by atoms with E-state index in [1.54, 1.807) is 12.1 Å². The molecule has 7 heteroatoms. The van der Waals surface area contributed by atoms with E-state index in [1.807, 2.05) is 12.1 Å². The Labute approximate surface area is 146 Å². The summed E-state index contributed by atoms with van der Waals surface area (Å²) in [5.74, 6) is 1.56. The topological polar surface area (TPSA) is 72.7 Å². The first-order chi connectivity index (χ1) is 11.5. The maximum absolute atomic E-state index is 12.3. The molecule has 1 aliphatic rings. The zero-order valence-corrected chi connectivity index (χ0v) is 14.7. The van der Waals surface area contributed by atoms with E-state index in [-0.39, 0.29) is 18.5 Å². The van der Waals surface area contributed by atoms with E-state index >= 15 is 0 Å². The largest absolute Gasteiger partial charge is 0.351 e. The minimum absolute atomic E-state index is 0.0685. The third-order valence-electron chi connectivity index (χ3n) is 4.89. The Kier molecular flexibility index (Phi) is 5.14. The lowest BCUT2D eigenvalue weighted by Gasteiger charge is -2.34. The molecule has 0 spiro atoms. The first-order valence-corrected chi connectivity index (χ1v) is 8.74. The number of nitrogens with zero attached hydrogens (tertiary/aromatic N) is 4. The summed E-state index contributed by atoms with van der Waals surface area (Å²) in [6.07, 6.45) is 3.44.